The lowest BCUT2D eigenvalue weighted by atomic mass is 9.85. The zero-order valence-electron chi connectivity index (χ0n) is 14.9. The number of halogens is 3. The molecular weight excluding hydrogens is 379 g/mol. The molecule has 1 unspecified atom stereocenters. The van der Waals surface area contributed by atoms with Crippen LogP contribution in [0.5, 0.6) is 0 Å². The summed E-state index contributed by atoms with van der Waals surface area (Å²) in [6.45, 7) is 2.38. The molecule has 2 aliphatic rings. The summed E-state index contributed by atoms with van der Waals surface area (Å²) in [5.41, 5.74) is 2.28. The molecule has 0 radical (unpaired) electrons. The topological polar surface area (TPSA) is 86.9 Å². The molecule has 1 N–H and O–H groups in total. The highest BCUT2D eigenvalue weighted by Gasteiger charge is 2.49. The molecule has 150 valence electrons. The van der Waals surface area contributed by atoms with Crippen LogP contribution >= 0.6 is 0 Å². The van der Waals surface area contributed by atoms with E-state index < -0.39 is 12.1 Å². The highest BCUT2D eigenvalue weighted by atomic mass is 19.4. The van der Waals surface area contributed by atoms with Crippen LogP contribution in [0, 0.1) is 0 Å². The molecule has 4 heterocycles. The molecule has 2 aromatic heterocycles. The summed E-state index contributed by atoms with van der Waals surface area (Å²) >= 11 is 0. The first-order chi connectivity index (χ1) is 13.1. The Bertz CT molecular complexity index is 869. The van der Waals surface area contributed by atoms with E-state index >= 15 is 0 Å². The number of carbonyl (C=O) groups excluding carboxylic acids is 1. The standard InChI is InChI=1S/C16H17N3O2.C2HF3O2/c1-18-10-16(14-12(18)4-2-7-17-14)6-8-19(11-16)15(20)13-5-3-9-21-13;3-2(4,5)1(6)7/h2-5,7,9H,6,8,10-11H2,1H3;(H,6,7). The van der Waals surface area contributed by atoms with Gasteiger partial charge in [-0.05, 0) is 30.7 Å². The molecule has 10 heteroatoms. The molecule has 2 aromatic rings. The summed E-state index contributed by atoms with van der Waals surface area (Å²) in [4.78, 5) is 30.1. The molecule has 1 atom stereocenters. The molecule has 0 aromatic carbocycles. The lowest BCUT2D eigenvalue weighted by molar-refractivity contribution is -0.192. The van der Waals surface area contributed by atoms with Crippen molar-refractivity contribution in [1.82, 2.24) is 9.88 Å². The summed E-state index contributed by atoms with van der Waals surface area (Å²) in [6, 6.07) is 7.54. The van der Waals surface area contributed by atoms with Crippen molar-refractivity contribution in [3.63, 3.8) is 0 Å². The number of pyridine rings is 1. The molecule has 28 heavy (non-hydrogen) atoms. The fourth-order valence-electron chi connectivity index (χ4n) is 3.65. The molecule has 0 aliphatic carbocycles. The second-order valence-corrected chi connectivity index (χ2v) is 6.76. The first-order valence-corrected chi connectivity index (χ1v) is 8.43. The van der Waals surface area contributed by atoms with E-state index in [9.17, 15) is 18.0 Å². The third-order valence-corrected chi connectivity index (χ3v) is 4.86. The number of likely N-dealkylation sites (N-methyl/N-ethyl adjacent to an activating group) is 1. The molecule has 0 saturated carbocycles. The maximum Gasteiger partial charge on any atom is 0.490 e. The smallest absolute Gasteiger partial charge is 0.475 e. The van der Waals surface area contributed by atoms with Crippen LogP contribution in [-0.2, 0) is 10.2 Å². The van der Waals surface area contributed by atoms with Crippen LogP contribution in [0.3, 0.4) is 0 Å². The second kappa shape index (κ2) is 7.17. The molecule has 4 rings (SSSR count). The van der Waals surface area contributed by atoms with Gasteiger partial charge in [0.2, 0.25) is 0 Å². The fraction of sp³-hybridized carbons (Fsp3) is 0.389. The van der Waals surface area contributed by atoms with Gasteiger partial charge < -0.3 is 19.3 Å². The molecule has 1 amide bonds. The van der Waals surface area contributed by atoms with E-state index in [1.54, 1.807) is 18.4 Å². The molecule has 1 fully saturated rings. The van der Waals surface area contributed by atoms with Crippen LogP contribution in [0.15, 0.2) is 41.1 Å². The Morgan fingerprint density at radius 1 is 1.25 bits per heavy atom. The zero-order valence-corrected chi connectivity index (χ0v) is 14.9. The van der Waals surface area contributed by atoms with Gasteiger partial charge in [0.25, 0.3) is 5.91 Å². The molecule has 1 saturated heterocycles. The van der Waals surface area contributed by atoms with E-state index in [1.807, 2.05) is 17.2 Å². The Kier molecular flexibility index (Phi) is 5.05. The van der Waals surface area contributed by atoms with E-state index in [4.69, 9.17) is 14.3 Å². The number of aliphatic carboxylic acids is 1. The molecule has 0 bridgehead atoms. The van der Waals surface area contributed by atoms with Crippen molar-refractivity contribution < 1.29 is 32.3 Å². The number of alkyl halides is 3. The number of fused-ring (bicyclic) bond motifs is 2. The average Bonchev–Trinajstić information content (AvgIpc) is 3.36. The van der Waals surface area contributed by atoms with Crippen molar-refractivity contribution in [3.8, 4) is 0 Å². The number of amides is 1. The van der Waals surface area contributed by atoms with E-state index in [0.717, 1.165) is 25.2 Å². The van der Waals surface area contributed by atoms with Gasteiger partial charge in [0.1, 0.15) is 0 Å². The van der Waals surface area contributed by atoms with Crippen LogP contribution < -0.4 is 4.90 Å². The summed E-state index contributed by atoms with van der Waals surface area (Å²) in [5, 5.41) is 7.12. The number of aromatic nitrogens is 1. The Balaban J connectivity index is 0.000000279. The number of furan rings is 1. The molecule has 7 nitrogen and oxygen atoms in total. The first kappa shape index (κ1) is 19.7. The van der Waals surface area contributed by atoms with Crippen molar-refractivity contribution in [2.75, 3.05) is 31.6 Å². The molecule has 2 aliphatic heterocycles. The summed E-state index contributed by atoms with van der Waals surface area (Å²) in [5.74, 6) is -2.36. The van der Waals surface area contributed by atoms with Crippen molar-refractivity contribution >= 4 is 17.6 Å². The number of likely N-dealkylation sites (tertiary alicyclic amines) is 1. The number of carboxylic acid groups (broad SMARTS) is 1. The van der Waals surface area contributed by atoms with E-state index in [2.05, 4.69) is 23.0 Å². The van der Waals surface area contributed by atoms with Crippen molar-refractivity contribution in [3.05, 3.63) is 48.2 Å². The Labute approximate surface area is 158 Å². The van der Waals surface area contributed by atoms with E-state index in [-0.39, 0.29) is 11.3 Å². The van der Waals surface area contributed by atoms with Crippen molar-refractivity contribution in [2.24, 2.45) is 0 Å². The number of carboxylic acids is 1. The van der Waals surface area contributed by atoms with Crippen molar-refractivity contribution in [1.29, 1.82) is 0 Å². The molecular formula is C18H18F3N3O4. The highest BCUT2D eigenvalue weighted by molar-refractivity contribution is 5.91. The Hall–Kier alpha value is -3.04. The largest absolute Gasteiger partial charge is 0.490 e. The lowest BCUT2D eigenvalue weighted by Crippen LogP contribution is -2.37. The second-order valence-electron chi connectivity index (χ2n) is 6.76. The average molecular weight is 397 g/mol. The van der Waals surface area contributed by atoms with Crippen LogP contribution in [0.2, 0.25) is 0 Å². The van der Waals surface area contributed by atoms with Gasteiger partial charge in [-0.3, -0.25) is 9.78 Å². The number of hydrogen-bond donors (Lipinski definition) is 1. The van der Waals surface area contributed by atoms with Gasteiger partial charge in [0, 0.05) is 32.9 Å². The monoisotopic (exact) mass is 397 g/mol. The Morgan fingerprint density at radius 2 is 1.96 bits per heavy atom. The fourth-order valence-corrected chi connectivity index (χ4v) is 3.65. The van der Waals surface area contributed by atoms with Crippen LogP contribution in [0.25, 0.3) is 0 Å². The van der Waals surface area contributed by atoms with Gasteiger partial charge in [0.05, 0.1) is 23.1 Å². The zero-order chi connectivity index (χ0) is 20.5. The third-order valence-electron chi connectivity index (χ3n) is 4.86. The number of carbonyl (C=O) groups is 2. The number of anilines is 1. The van der Waals surface area contributed by atoms with Crippen LogP contribution in [0.1, 0.15) is 22.7 Å². The van der Waals surface area contributed by atoms with Crippen LogP contribution in [0.4, 0.5) is 18.9 Å². The Morgan fingerprint density at radius 3 is 2.57 bits per heavy atom. The van der Waals surface area contributed by atoms with E-state index in [0.29, 0.717) is 12.3 Å². The van der Waals surface area contributed by atoms with Gasteiger partial charge in [-0.25, -0.2) is 4.79 Å². The van der Waals surface area contributed by atoms with Gasteiger partial charge in [-0.1, -0.05) is 0 Å². The summed E-state index contributed by atoms with van der Waals surface area (Å²) in [6.07, 6.45) is -0.746. The normalized spacial score (nSPS) is 20.7. The summed E-state index contributed by atoms with van der Waals surface area (Å²) < 4.78 is 37.0. The highest BCUT2D eigenvalue weighted by Crippen LogP contribution is 2.44. The van der Waals surface area contributed by atoms with E-state index in [1.165, 1.54) is 5.69 Å². The minimum absolute atomic E-state index is 0.0242. The SMILES string of the molecule is CN1CC2(CCN(C(=O)c3ccco3)C2)c2ncccc21.O=C(O)C(F)(F)F. The quantitative estimate of drug-likeness (QED) is 0.796. The van der Waals surface area contributed by atoms with Crippen LogP contribution in [-0.4, -0.2) is 59.7 Å². The van der Waals surface area contributed by atoms with Crippen molar-refractivity contribution in [2.45, 2.75) is 18.0 Å². The van der Waals surface area contributed by atoms with Gasteiger partial charge in [-0.15, -0.1) is 0 Å². The maximum absolute atomic E-state index is 12.4. The predicted molar refractivity (Wildman–Crippen MR) is 92.1 cm³/mol. The van der Waals surface area contributed by atoms with Gasteiger partial charge in [-0.2, -0.15) is 13.2 Å². The van der Waals surface area contributed by atoms with Gasteiger partial charge >= 0.3 is 12.1 Å². The third kappa shape index (κ3) is 3.67. The number of nitrogens with zero attached hydrogens (tertiary/aromatic N) is 3. The molecule has 1 spiro atoms. The minimum atomic E-state index is -5.08. The first-order valence-electron chi connectivity index (χ1n) is 8.43. The summed E-state index contributed by atoms with van der Waals surface area (Å²) in [7, 11) is 2.09. The number of hydrogen-bond acceptors (Lipinski definition) is 5. The predicted octanol–water partition coefficient (Wildman–Crippen LogP) is 2.54. The number of rotatable bonds is 1. The van der Waals surface area contributed by atoms with Gasteiger partial charge in [0.15, 0.2) is 5.76 Å². The minimum Gasteiger partial charge on any atom is -0.475 e. The lowest BCUT2D eigenvalue weighted by Gasteiger charge is -2.24. The maximum atomic E-state index is 12.4.